The Morgan fingerprint density at radius 3 is 2.77 bits per heavy atom. The van der Waals surface area contributed by atoms with Gasteiger partial charge in [-0.1, -0.05) is 19.1 Å². The summed E-state index contributed by atoms with van der Waals surface area (Å²) in [6.45, 7) is 4.34. The molecule has 1 aromatic rings. The van der Waals surface area contributed by atoms with E-state index in [1.165, 1.54) is 5.56 Å². The third-order valence-corrected chi connectivity index (χ3v) is 4.67. The van der Waals surface area contributed by atoms with Crippen LogP contribution in [0.5, 0.6) is 0 Å². The van der Waals surface area contributed by atoms with Gasteiger partial charge in [0.25, 0.3) is 5.91 Å². The molecule has 2 N–H and O–H groups in total. The van der Waals surface area contributed by atoms with Gasteiger partial charge in [-0.3, -0.25) is 4.79 Å². The summed E-state index contributed by atoms with van der Waals surface area (Å²) in [7, 11) is 1.90. The minimum atomic E-state index is 0.108. The molecule has 4 heteroatoms. The van der Waals surface area contributed by atoms with Crippen molar-refractivity contribution in [1.29, 1.82) is 0 Å². The highest BCUT2D eigenvalue weighted by molar-refractivity contribution is 5.94. The topological polar surface area (TPSA) is 55.6 Å². The van der Waals surface area contributed by atoms with Gasteiger partial charge < -0.3 is 15.4 Å². The number of amides is 1. The van der Waals surface area contributed by atoms with E-state index < -0.39 is 0 Å². The van der Waals surface area contributed by atoms with Crippen molar-refractivity contribution in [2.24, 2.45) is 5.73 Å². The number of hydrogen-bond acceptors (Lipinski definition) is 3. The Morgan fingerprint density at radius 1 is 1.41 bits per heavy atom. The molecule has 1 aliphatic rings. The van der Waals surface area contributed by atoms with E-state index in [0.29, 0.717) is 12.5 Å². The van der Waals surface area contributed by atoms with Crippen LogP contribution >= 0.6 is 0 Å². The molecule has 122 valence electrons. The van der Waals surface area contributed by atoms with Gasteiger partial charge in [-0.15, -0.1) is 0 Å². The normalized spacial score (nSPS) is 17.2. The van der Waals surface area contributed by atoms with E-state index in [1.807, 2.05) is 30.1 Å². The lowest BCUT2D eigenvalue weighted by Crippen LogP contribution is -2.40. The second-order valence-electron chi connectivity index (χ2n) is 6.07. The molecule has 0 aliphatic carbocycles. The first-order valence-corrected chi connectivity index (χ1v) is 8.32. The summed E-state index contributed by atoms with van der Waals surface area (Å²) in [6, 6.07) is 8.34. The molecule has 0 radical (unpaired) electrons. The van der Waals surface area contributed by atoms with E-state index in [-0.39, 0.29) is 11.9 Å². The molecule has 1 aliphatic heterocycles. The highest BCUT2D eigenvalue weighted by atomic mass is 16.5. The lowest BCUT2D eigenvalue weighted by atomic mass is 9.92. The third kappa shape index (κ3) is 4.08. The molecular formula is C18H28N2O2. The summed E-state index contributed by atoms with van der Waals surface area (Å²) in [4.78, 5) is 14.6. The molecule has 0 saturated carbocycles. The second-order valence-corrected chi connectivity index (χ2v) is 6.07. The Hall–Kier alpha value is -1.39. The summed E-state index contributed by atoms with van der Waals surface area (Å²) in [5.74, 6) is 0.544. The average Bonchev–Trinajstić information content (AvgIpc) is 2.59. The van der Waals surface area contributed by atoms with Gasteiger partial charge in [0.2, 0.25) is 0 Å². The van der Waals surface area contributed by atoms with E-state index in [4.69, 9.17) is 10.5 Å². The molecule has 4 nitrogen and oxygen atoms in total. The van der Waals surface area contributed by atoms with Crippen LogP contribution in [0.15, 0.2) is 24.3 Å². The van der Waals surface area contributed by atoms with E-state index in [1.54, 1.807) is 0 Å². The van der Waals surface area contributed by atoms with E-state index in [2.05, 4.69) is 13.0 Å². The molecule has 22 heavy (non-hydrogen) atoms. The monoisotopic (exact) mass is 304 g/mol. The number of benzene rings is 1. The Kier molecular flexibility index (Phi) is 6.40. The average molecular weight is 304 g/mol. The van der Waals surface area contributed by atoms with Crippen molar-refractivity contribution >= 4 is 5.91 Å². The Morgan fingerprint density at radius 2 is 2.14 bits per heavy atom. The van der Waals surface area contributed by atoms with Crippen LogP contribution in [0.3, 0.4) is 0 Å². The zero-order chi connectivity index (χ0) is 15.9. The number of rotatable bonds is 6. The molecule has 1 unspecified atom stereocenters. The number of carbonyl (C=O) groups is 1. The number of ether oxygens (including phenoxy) is 1. The van der Waals surface area contributed by atoms with Gasteiger partial charge in [0.15, 0.2) is 0 Å². The zero-order valence-corrected chi connectivity index (χ0v) is 13.8. The van der Waals surface area contributed by atoms with Crippen LogP contribution in [0.4, 0.5) is 0 Å². The molecular weight excluding hydrogens is 276 g/mol. The minimum Gasteiger partial charge on any atom is -0.381 e. The molecule has 1 fully saturated rings. The molecule has 0 spiro atoms. The van der Waals surface area contributed by atoms with Gasteiger partial charge >= 0.3 is 0 Å². The van der Waals surface area contributed by atoms with Crippen LogP contribution in [0.1, 0.15) is 54.4 Å². The fraction of sp³-hybridized carbons (Fsp3) is 0.611. The fourth-order valence-electron chi connectivity index (χ4n) is 3.18. The predicted octanol–water partition coefficient (Wildman–Crippen LogP) is 2.78. The minimum absolute atomic E-state index is 0.108. The predicted molar refractivity (Wildman–Crippen MR) is 89.1 cm³/mol. The zero-order valence-electron chi connectivity index (χ0n) is 13.8. The molecule has 2 rings (SSSR count). The first kappa shape index (κ1) is 17.0. The van der Waals surface area contributed by atoms with Gasteiger partial charge in [0.05, 0.1) is 0 Å². The molecule has 1 saturated heterocycles. The SMILES string of the molecule is CCC(CCN)c1cccc(C(=O)N(C)C2CCOCC2)c1. The summed E-state index contributed by atoms with van der Waals surface area (Å²) >= 11 is 0. The first-order chi connectivity index (χ1) is 10.7. The van der Waals surface area contributed by atoms with Crippen molar-refractivity contribution in [1.82, 2.24) is 4.90 Å². The van der Waals surface area contributed by atoms with Gasteiger partial charge in [-0.05, 0) is 55.8 Å². The van der Waals surface area contributed by atoms with Gasteiger partial charge in [-0.25, -0.2) is 0 Å². The summed E-state index contributed by atoms with van der Waals surface area (Å²) in [5, 5.41) is 0. The van der Waals surface area contributed by atoms with Gasteiger partial charge in [0.1, 0.15) is 0 Å². The molecule has 1 amide bonds. The summed E-state index contributed by atoms with van der Waals surface area (Å²) in [6.07, 6.45) is 3.86. The fourth-order valence-corrected chi connectivity index (χ4v) is 3.18. The van der Waals surface area contributed by atoms with Crippen molar-refractivity contribution in [3.05, 3.63) is 35.4 Å². The van der Waals surface area contributed by atoms with Crippen molar-refractivity contribution in [3.8, 4) is 0 Å². The maximum Gasteiger partial charge on any atom is 0.253 e. The van der Waals surface area contributed by atoms with Gasteiger partial charge in [-0.2, -0.15) is 0 Å². The smallest absolute Gasteiger partial charge is 0.253 e. The Balaban J connectivity index is 2.12. The Labute approximate surface area is 133 Å². The van der Waals surface area contributed by atoms with Crippen LogP contribution in [-0.4, -0.2) is 43.7 Å². The molecule has 1 atom stereocenters. The summed E-state index contributed by atoms with van der Waals surface area (Å²) < 4.78 is 5.38. The first-order valence-electron chi connectivity index (χ1n) is 8.32. The highest BCUT2D eigenvalue weighted by Crippen LogP contribution is 2.24. The maximum atomic E-state index is 12.7. The maximum absolute atomic E-state index is 12.7. The number of carbonyl (C=O) groups excluding carboxylic acids is 1. The Bertz CT molecular complexity index is 484. The molecule has 0 bridgehead atoms. The highest BCUT2D eigenvalue weighted by Gasteiger charge is 2.23. The number of nitrogens with zero attached hydrogens (tertiary/aromatic N) is 1. The molecule has 1 heterocycles. The van der Waals surface area contributed by atoms with E-state index >= 15 is 0 Å². The van der Waals surface area contributed by atoms with Gasteiger partial charge in [0, 0.05) is 31.9 Å². The summed E-state index contributed by atoms with van der Waals surface area (Å²) in [5.41, 5.74) is 7.70. The van der Waals surface area contributed by atoms with Crippen LogP contribution in [0, 0.1) is 0 Å². The largest absolute Gasteiger partial charge is 0.381 e. The van der Waals surface area contributed by atoms with Crippen molar-refractivity contribution < 1.29 is 9.53 Å². The van der Waals surface area contributed by atoms with Crippen LogP contribution < -0.4 is 5.73 Å². The standard InChI is InChI=1S/C18H28N2O2/c1-3-14(7-10-19)15-5-4-6-16(13-15)18(21)20(2)17-8-11-22-12-9-17/h4-6,13-14,17H,3,7-12,19H2,1-2H3. The molecule has 0 aromatic heterocycles. The van der Waals surface area contributed by atoms with Crippen molar-refractivity contribution in [3.63, 3.8) is 0 Å². The lowest BCUT2D eigenvalue weighted by Gasteiger charge is -2.31. The van der Waals surface area contributed by atoms with E-state index in [9.17, 15) is 4.79 Å². The quantitative estimate of drug-likeness (QED) is 0.879. The number of hydrogen-bond donors (Lipinski definition) is 1. The van der Waals surface area contributed by atoms with Crippen LogP contribution in [0.2, 0.25) is 0 Å². The van der Waals surface area contributed by atoms with Crippen LogP contribution in [-0.2, 0) is 4.74 Å². The third-order valence-electron chi connectivity index (χ3n) is 4.67. The second kappa shape index (κ2) is 8.30. The van der Waals surface area contributed by atoms with Crippen LogP contribution in [0.25, 0.3) is 0 Å². The number of nitrogens with two attached hydrogens (primary N) is 1. The van der Waals surface area contributed by atoms with Crippen molar-refractivity contribution in [2.45, 2.75) is 44.6 Å². The lowest BCUT2D eigenvalue weighted by molar-refractivity contribution is 0.0362. The van der Waals surface area contributed by atoms with E-state index in [0.717, 1.165) is 44.5 Å². The van der Waals surface area contributed by atoms with Crippen molar-refractivity contribution in [2.75, 3.05) is 26.8 Å². The molecule has 1 aromatic carbocycles.